The van der Waals surface area contributed by atoms with Gasteiger partial charge in [0.2, 0.25) is 0 Å². The zero-order valence-electron chi connectivity index (χ0n) is 10.2. The summed E-state index contributed by atoms with van der Waals surface area (Å²) >= 11 is 3.20. The van der Waals surface area contributed by atoms with E-state index in [4.69, 9.17) is 0 Å². The van der Waals surface area contributed by atoms with E-state index in [2.05, 4.69) is 38.1 Å². The second-order valence-electron chi connectivity index (χ2n) is 5.18. The lowest BCUT2D eigenvalue weighted by Gasteiger charge is -2.32. The van der Waals surface area contributed by atoms with E-state index >= 15 is 0 Å². The number of fused-ring (bicyclic) bond motifs is 1. The van der Waals surface area contributed by atoms with Gasteiger partial charge < -0.3 is 10.3 Å². The number of H-pyrrole nitrogens is 1. The molecular weight excluding hydrogens is 297 g/mol. The lowest BCUT2D eigenvalue weighted by Crippen LogP contribution is -2.38. The molecule has 96 valence electrons. The van der Waals surface area contributed by atoms with E-state index in [9.17, 15) is 4.39 Å². The highest BCUT2D eigenvalue weighted by Crippen LogP contribution is 2.33. The topological polar surface area (TPSA) is 40.7 Å². The average molecular weight is 312 g/mol. The Labute approximate surface area is 113 Å². The summed E-state index contributed by atoms with van der Waals surface area (Å²) in [6.07, 6.45) is 2.10. The molecule has 2 aromatic rings. The fourth-order valence-electron chi connectivity index (χ4n) is 2.51. The predicted octanol–water partition coefficient (Wildman–Crippen LogP) is 3.11. The van der Waals surface area contributed by atoms with E-state index in [1.54, 1.807) is 6.07 Å². The first-order valence-corrected chi connectivity index (χ1v) is 6.94. The quantitative estimate of drug-likeness (QED) is 0.849. The molecule has 0 bridgehead atoms. The van der Waals surface area contributed by atoms with Gasteiger partial charge in [0.1, 0.15) is 11.6 Å². The van der Waals surface area contributed by atoms with Crippen LogP contribution in [0.25, 0.3) is 11.0 Å². The molecule has 0 radical (unpaired) electrons. The van der Waals surface area contributed by atoms with Gasteiger partial charge in [0.05, 0.1) is 15.5 Å². The van der Waals surface area contributed by atoms with Crippen molar-refractivity contribution < 1.29 is 4.39 Å². The molecular formula is C13H15BrFN3. The molecule has 3 rings (SSSR count). The Morgan fingerprint density at radius 2 is 2.06 bits per heavy atom. The number of nitrogens with one attached hydrogen (secondary N) is 2. The highest BCUT2D eigenvalue weighted by atomic mass is 79.9. The van der Waals surface area contributed by atoms with E-state index in [0.717, 1.165) is 42.8 Å². The van der Waals surface area contributed by atoms with Gasteiger partial charge in [0.15, 0.2) is 0 Å². The first-order valence-electron chi connectivity index (χ1n) is 6.14. The van der Waals surface area contributed by atoms with E-state index < -0.39 is 0 Å². The lowest BCUT2D eigenvalue weighted by atomic mass is 9.80. The molecule has 0 saturated carbocycles. The molecule has 1 saturated heterocycles. The predicted molar refractivity (Wildman–Crippen MR) is 73.2 cm³/mol. The third-order valence-electron chi connectivity index (χ3n) is 3.80. The van der Waals surface area contributed by atoms with Crippen LogP contribution in [0.3, 0.4) is 0 Å². The summed E-state index contributed by atoms with van der Waals surface area (Å²) in [5, 5.41) is 3.35. The molecule has 0 amide bonds. The zero-order valence-corrected chi connectivity index (χ0v) is 11.8. The maximum atomic E-state index is 13.5. The number of halogens is 2. The van der Waals surface area contributed by atoms with Crippen LogP contribution in [0.15, 0.2) is 16.6 Å². The molecule has 1 aliphatic heterocycles. The van der Waals surface area contributed by atoms with Crippen molar-refractivity contribution in [2.75, 3.05) is 13.1 Å². The van der Waals surface area contributed by atoms with E-state index in [0.29, 0.717) is 4.47 Å². The lowest BCUT2D eigenvalue weighted by molar-refractivity contribution is 0.321. The van der Waals surface area contributed by atoms with E-state index in [1.807, 2.05) is 0 Å². The highest BCUT2D eigenvalue weighted by molar-refractivity contribution is 9.10. The third-order valence-corrected chi connectivity index (χ3v) is 4.41. The molecule has 2 N–H and O–H groups in total. The van der Waals surface area contributed by atoms with Crippen LogP contribution in [0, 0.1) is 5.82 Å². The Bertz CT molecular complexity index is 548. The summed E-state index contributed by atoms with van der Waals surface area (Å²) in [7, 11) is 0. The van der Waals surface area contributed by atoms with Gasteiger partial charge in [0.25, 0.3) is 0 Å². The smallest absolute Gasteiger partial charge is 0.139 e. The largest absolute Gasteiger partial charge is 0.341 e. The number of aromatic nitrogens is 2. The Kier molecular flexibility index (Phi) is 2.90. The average Bonchev–Trinajstić information content (AvgIpc) is 2.74. The van der Waals surface area contributed by atoms with Gasteiger partial charge >= 0.3 is 0 Å². The molecule has 5 heteroatoms. The van der Waals surface area contributed by atoms with Crippen molar-refractivity contribution in [3.8, 4) is 0 Å². The number of nitrogens with zero attached hydrogens (tertiary/aromatic N) is 1. The number of aromatic amines is 1. The van der Waals surface area contributed by atoms with Crippen molar-refractivity contribution in [1.29, 1.82) is 0 Å². The molecule has 3 nitrogen and oxygen atoms in total. The number of hydrogen-bond acceptors (Lipinski definition) is 2. The monoisotopic (exact) mass is 311 g/mol. The minimum atomic E-state index is -0.256. The summed E-state index contributed by atoms with van der Waals surface area (Å²) in [6.45, 7) is 4.23. The number of piperidine rings is 1. The number of benzene rings is 1. The Morgan fingerprint density at radius 3 is 2.78 bits per heavy atom. The van der Waals surface area contributed by atoms with Crippen molar-refractivity contribution >= 4 is 27.0 Å². The minimum absolute atomic E-state index is 0.0627. The maximum absolute atomic E-state index is 13.5. The minimum Gasteiger partial charge on any atom is -0.341 e. The molecule has 0 unspecified atom stereocenters. The summed E-state index contributed by atoms with van der Waals surface area (Å²) < 4.78 is 14.0. The number of hydrogen-bond donors (Lipinski definition) is 2. The van der Waals surface area contributed by atoms with E-state index in [1.165, 1.54) is 6.07 Å². The normalized spacial score (nSPS) is 19.3. The first kappa shape index (κ1) is 12.1. The summed E-state index contributed by atoms with van der Waals surface area (Å²) in [4.78, 5) is 7.90. The highest BCUT2D eigenvalue weighted by Gasteiger charge is 2.31. The molecule has 2 heterocycles. The molecule has 1 fully saturated rings. The molecule has 18 heavy (non-hydrogen) atoms. The Hall–Kier alpha value is -0.940. The van der Waals surface area contributed by atoms with Gasteiger partial charge in [-0.05, 0) is 47.9 Å². The van der Waals surface area contributed by atoms with Gasteiger partial charge in [-0.2, -0.15) is 0 Å². The van der Waals surface area contributed by atoms with Gasteiger partial charge in [0, 0.05) is 11.5 Å². The van der Waals surface area contributed by atoms with Crippen molar-refractivity contribution in [2.24, 2.45) is 0 Å². The van der Waals surface area contributed by atoms with Crippen LogP contribution in [0.2, 0.25) is 0 Å². The van der Waals surface area contributed by atoms with Gasteiger partial charge in [-0.25, -0.2) is 9.37 Å². The second kappa shape index (κ2) is 4.31. The Morgan fingerprint density at radius 1 is 1.33 bits per heavy atom. The van der Waals surface area contributed by atoms with Gasteiger partial charge in [-0.1, -0.05) is 6.92 Å². The van der Waals surface area contributed by atoms with Crippen LogP contribution in [-0.4, -0.2) is 23.1 Å². The van der Waals surface area contributed by atoms with Crippen molar-refractivity contribution in [1.82, 2.24) is 15.3 Å². The first-order chi connectivity index (χ1) is 8.58. The van der Waals surface area contributed by atoms with Crippen LogP contribution < -0.4 is 5.32 Å². The standard InChI is InChI=1S/C13H15BrFN3/c1-13(2-4-16-5-3-13)12-17-10-6-8(14)9(15)7-11(10)18-12/h6-7,16H,2-5H2,1H3,(H,17,18). The van der Waals surface area contributed by atoms with Crippen molar-refractivity contribution in [2.45, 2.75) is 25.2 Å². The molecule has 1 aliphatic rings. The van der Waals surface area contributed by atoms with Gasteiger partial charge in [-0.15, -0.1) is 0 Å². The van der Waals surface area contributed by atoms with Crippen LogP contribution in [0.1, 0.15) is 25.6 Å². The number of imidazole rings is 1. The SMILES string of the molecule is CC1(c2nc3cc(Br)c(F)cc3[nH]2)CCNCC1. The zero-order chi connectivity index (χ0) is 12.8. The Balaban J connectivity index is 2.07. The second-order valence-corrected chi connectivity index (χ2v) is 6.03. The van der Waals surface area contributed by atoms with Gasteiger partial charge in [-0.3, -0.25) is 0 Å². The third kappa shape index (κ3) is 1.95. The van der Waals surface area contributed by atoms with Crippen LogP contribution in [-0.2, 0) is 5.41 Å². The fourth-order valence-corrected chi connectivity index (χ4v) is 2.84. The summed E-state index contributed by atoms with van der Waals surface area (Å²) in [6, 6.07) is 3.23. The molecule has 1 aromatic carbocycles. The molecule has 0 atom stereocenters. The molecule has 0 aliphatic carbocycles. The summed E-state index contributed by atoms with van der Waals surface area (Å²) in [5.74, 6) is 0.713. The van der Waals surface area contributed by atoms with Crippen LogP contribution in [0.4, 0.5) is 4.39 Å². The van der Waals surface area contributed by atoms with E-state index in [-0.39, 0.29) is 11.2 Å². The molecule has 1 aromatic heterocycles. The van der Waals surface area contributed by atoms with Crippen LogP contribution >= 0.6 is 15.9 Å². The molecule has 0 spiro atoms. The number of rotatable bonds is 1. The summed E-state index contributed by atoms with van der Waals surface area (Å²) in [5.41, 5.74) is 1.65. The maximum Gasteiger partial charge on any atom is 0.139 e. The van der Waals surface area contributed by atoms with Crippen LogP contribution in [0.5, 0.6) is 0 Å². The van der Waals surface area contributed by atoms with Crippen molar-refractivity contribution in [3.63, 3.8) is 0 Å². The van der Waals surface area contributed by atoms with Crippen molar-refractivity contribution in [3.05, 3.63) is 28.2 Å². The fraction of sp³-hybridized carbons (Fsp3) is 0.462.